The fourth-order valence-corrected chi connectivity index (χ4v) is 2.48. The molecule has 0 unspecified atom stereocenters. The SMILES string of the molecule is CCOc1cc(C(=O)Nc2cccc(C(=O)c3ccccc3)c2)ccn1. The smallest absolute Gasteiger partial charge is 0.255 e. The van der Waals surface area contributed by atoms with Crippen LogP contribution in [0.4, 0.5) is 5.69 Å². The Morgan fingerprint density at radius 2 is 1.69 bits per heavy atom. The molecule has 3 rings (SSSR count). The van der Waals surface area contributed by atoms with Crippen molar-refractivity contribution in [3.63, 3.8) is 0 Å². The van der Waals surface area contributed by atoms with Crippen molar-refractivity contribution in [3.05, 3.63) is 89.6 Å². The van der Waals surface area contributed by atoms with Crippen LogP contribution < -0.4 is 10.1 Å². The minimum Gasteiger partial charge on any atom is -0.478 e. The molecule has 1 amide bonds. The molecule has 0 aliphatic heterocycles. The third kappa shape index (κ3) is 4.13. The lowest BCUT2D eigenvalue weighted by Crippen LogP contribution is -2.13. The van der Waals surface area contributed by atoms with Crippen molar-refractivity contribution in [3.8, 4) is 5.88 Å². The number of benzene rings is 2. The highest BCUT2D eigenvalue weighted by Gasteiger charge is 2.11. The van der Waals surface area contributed by atoms with E-state index in [0.29, 0.717) is 34.9 Å². The van der Waals surface area contributed by atoms with Crippen LogP contribution >= 0.6 is 0 Å². The Hall–Kier alpha value is -3.47. The second-order valence-corrected chi connectivity index (χ2v) is 5.55. The number of nitrogens with zero attached hydrogens (tertiary/aromatic N) is 1. The van der Waals surface area contributed by atoms with E-state index in [1.807, 2.05) is 25.1 Å². The van der Waals surface area contributed by atoms with E-state index in [0.717, 1.165) is 0 Å². The number of anilines is 1. The van der Waals surface area contributed by atoms with E-state index in [9.17, 15) is 9.59 Å². The summed E-state index contributed by atoms with van der Waals surface area (Å²) in [5.74, 6) is 0.00932. The van der Waals surface area contributed by atoms with Gasteiger partial charge in [-0.25, -0.2) is 4.98 Å². The van der Waals surface area contributed by atoms with Crippen LogP contribution in [-0.2, 0) is 0 Å². The molecule has 5 heteroatoms. The van der Waals surface area contributed by atoms with Crippen molar-refractivity contribution in [2.75, 3.05) is 11.9 Å². The summed E-state index contributed by atoms with van der Waals surface area (Å²) in [4.78, 5) is 29.0. The van der Waals surface area contributed by atoms with Crippen LogP contribution in [0.2, 0.25) is 0 Å². The number of carbonyl (C=O) groups is 2. The molecule has 26 heavy (non-hydrogen) atoms. The van der Waals surface area contributed by atoms with Gasteiger partial charge in [-0.3, -0.25) is 9.59 Å². The van der Waals surface area contributed by atoms with Gasteiger partial charge in [0.15, 0.2) is 5.78 Å². The molecule has 0 aliphatic carbocycles. The molecule has 0 fully saturated rings. The number of amides is 1. The van der Waals surface area contributed by atoms with E-state index in [1.54, 1.807) is 48.5 Å². The molecule has 1 aromatic heterocycles. The van der Waals surface area contributed by atoms with E-state index in [2.05, 4.69) is 10.3 Å². The Bertz CT molecular complexity index is 923. The van der Waals surface area contributed by atoms with Crippen LogP contribution in [0.15, 0.2) is 72.9 Å². The van der Waals surface area contributed by atoms with Gasteiger partial charge in [-0.2, -0.15) is 0 Å². The maximum atomic E-state index is 12.5. The second kappa shape index (κ2) is 8.07. The van der Waals surface area contributed by atoms with Crippen LogP contribution in [0.1, 0.15) is 33.2 Å². The first-order chi connectivity index (χ1) is 12.7. The summed E-state index contributed by atoms with van der Waals surface area (Å²) in [6.45, 7) is 2.32. The number of aromatic nitrogens is 1. The monoisotopic (exact) mass is 346 g/mol. The van der Waals surface area contributed by atoms with Gasteiger partial charge in [0.1, 0.15) is 0 Å². The van der Waals surface area contributed by atoms with Gasteiger partial charge in [-0.05, 0) is 25.1 Å². The second-order valence-electron chi connectivity index (χ2n) is 5.55. The third-order valence-corrected chi connectivity index (χ3v) is 3.71. The van der Waals surface area contributed by atoms with E-state index in [-0.39, 0.29) is 11.7 Å². The molecule has 0 saturated heterocycles. The van der Waals surface area contributed by atoms with E-state index >= 15 is 0 Å². The van der Waals surface area contributed by atoms with Crippen LogP contribution in [0, 0.1) is 0 Å². The van der Waals surface area contributed by atoms with Crippen molar-refractivity contribution in [1.82, 2.24) is 4.98 Å². The molecular weight excluding hydrogens is 328 g/mol. The molecule has 3 aromatic rings. The lowest BCUT2D eigenvalue weighted by atomic mass is 10.0. The van der Waals surface area contributed by atoms with Gasteiger partial charge in [-0.15, -0.1) is 0 Å². The molecule has 2 aromatic carbocycles. The molecule has 0 spiro atoms. The van der Waals surface area contributed by atoms with Crippen LogP contribution in [0.3, 0.4) is 0 Å². The Morgan fingerprint density at radius 3 is 2.46 bits per heavy atom. The number of carbonyl (C=O) groups excluding carboxylic acids is 2. The summed E-state index contributed by atoms with van der Waals surface area (Å²) in [5.41, 5.74) is 2.10. The highest BCUT2D eigenvalue weighted by Crippen LogP contribution is 2.17. The zero-order valence-electron chi connectivity index (χ0n) is 14.3. The number of hydrogen-bond donors (Lipinski definition) is 1. The zero-order valence-corrected chi connectivity index (χ0v) is 14.3. The van der Waals surface area contributed by atoms with Crippen molar-refractivity contribution in [2.24, 2.45) is 0 Å². The van der Waals surface area contributed by atoms with Gasteiger partial charge in [-0.1, -0.05) is 42.5 Å². The average molecular weight is 346 g/mol. The molecule has 0 bridgehead atoms. The Labute approximate surface area is 151 Å². The fraction of sp³-hybridized carbons (Fsp3) is 0.0952. The standard InChI is InChI=1S/C21H18N2O3/c1-2-26-19-14-17(11-12-22-19)21(25)23-18-10-6-9-16(13-18)20(24)15-7-4-3-5-8-15/h3-14H,2H2,1H3,(H,23,25). The topological polar surface area (TPSA) is 68.3 Å². The lowest BCUT2D eigenvalue weighted by molar-refractivity contribution is 0.102. The number of ether oxygens (including phenoxy) is 1. The number of hydrogen-bond acceptors (Lipinski definition) is 4. The molecule has 130 valence electrons. The lowest BCUT2D eigenvalue weighted by Gasteiger charge is -2.08. The maximum Gasteiger partial charge on any atom is 0.255 e. The molecule has 0 aliphatic rings. The maximum absolute atomic E-state index is 12.5. The van der Waals surface area contributed by atoms with Gasteiger partial charge < -0.3 is 10.1 Å². The predicted octanol–water partition coefficient (Wildman–Crippen LogP) is 3.96. The summed E-state index contributed by atoms with van der Waals surface area (Å²) >= 11 is 0. The Kier molecular flexibility index (Phi) is 5.39. The first kappa shape index (κ1) is 17.4. The average Bonchev–Trinajstić information content (AvgIpc) is 2.69. The van der Waals surface area contributed by atoms with Crippen molar-refractivity contribution >= 4 is 17.4 Å². The first-order valence-corrected chi connectivity index (χ1v) is 8.27. The Morgan fingerprint density at radius 1 is 0.923 bits per heavy atom. The highest BCUT2D eigenvalue weighted by molar-refractivity contribution is 6.10. The minimum absolute atomic E-state index is 0.0933. The minimum atomic E-state index is -0.294. The van der Waals surface area contributed by atoms with Crippen LogP contribution in [0.5, 0.6) is 5.88 Å². The molecule has 1 heterocycles. The van der Waals surface area contributed by atoms with Crippen molar-refractivity contribution in [2.45, 2.75) is 6.92 Å². The molecule has 0 radical (unpaired) electrons. The summed E-state index contributed by atoms with van der Waals surface area (Å²) in [6.07, 6.45) is 1.52. The zero-order chi connectivity index (χ0) is 18.4. The van der Waals surface area contributed by atoms with Crippen molar-refractivity contribution < 1.29 is 14.3 Å². The number of ketones is 1. The van der Waals surface area contributed by atoms with E-state index in [4.69, 9.17) is 4.74 Å². The van der Waals surface area contributed by atoms with Gasteiger partial charge in [0.05, 0.1) is 6.61 Å². The van der Waals surface area contributed by atoms with Gasteiger partial charge in [0, 0.05) is 34.6 Å². The summed E-state index contributed by atoms with van der Waals surface area (Å²) < 4.78 is 5.31. The van der Waals surface area contributed by atoms with E-state index < -0.39 is 0 Å². The number of nitrogens with one attached hydrogen (secondary N) is 1. The summed E-state index contributed by atoms with van der Waals surface area (Å²) in [6, 6.07) is 19.1. The van der Waals surface area contributed by atoms with Crippen LogP contribution in [-0.4, -0.2) is 23.3 Å². The van der Waals surface area contributed by atoms with Crippen LogP contribution in [0.25, 0.3) is 0 Å². The molecule has 0 atom stereocenters. The Balaban J connectivity index is 1.77. The van der Waals surface area contributed by atoms with Gasteiger partial charge in [0.25, 0.3) is 5.91 Å². The highest BCUT2D eigenvalue weighted by atomic mass is 16.5. The predicted molar refractivity (Wildman–Crippen MR) is 99.7 cm³/mol. The third-order valence-electron chi connectivity index (χ3n) is 3.71. The quantitative estimate of drug-likeness (QED) is 0.686. The molecule has 1 N–H and O–H groups in total. The van der Waals surface area contributed by atoms with E-state index in [1.165, 1.54) is 6.20 Å². The molecule has 5 nitrogen and oxygen atoms in total. The van der Waals surface area contributed by atoms with Crippen molar-refractivity contribution in [1.29, 1.82) is 0 Å². The van der Waals surface area contributed by atoms with Gasteiger partial charge in [0.2, 0.25) is 5.88 Å². The first-order valence-electron chi connectivity index (χ1n) is 8.27. The number of pyridine rings is 1. The molecular formula is C21H18N2O3. The summed E-state index contributed by atoms with van der Waals surface area (Å²) in [5, 5.41) is 2.80. The van der Waals surface area contributed by atoms with Gasteiger partial charge >= 0.3 is 0 Å². The summed E-state index contributed by atoms with van der Waals surface area (Å²) in [7, 11) is 0. The number of rotatable bonds is 6. The largest absolute Gasteiger partial charge is 0.478 e. The normalized spacial score (nSPS) is 10.2. The molecule has 0 saturated carbocycles. The fourth-order valence-electron chi connectivity index (χ4n) is 2.48.